The molecule has 0 unspecified atom stereocenters. The molecule has 0 saturated heterocycles. The predicted molar refractivity (Wildman–Crippen MR) is 140 cm³/mol. The zero-order valence-electron chi connectivity index (χ0n) is 22.9. The summed E-state index contributed by atoms with van der Waals surface area (Å²) in [5.74, 6) is -5.04. The third kappa shape index (κ3) is 7.98. The van der Waals surface area contributed by atoms with Crippen LogP contribution in [0.15, 0.2) is 60.9 Å². The van der Waals surface area contributed by atoms with Gasteiger partial charge in [-0.1, -0.05) is 12.2 Å². The van der Waals surface area contributed by atoms with Crippen LogP contribution in [0.5, 0.6) is 17.2 Å². The van der Waals surface area contributed by atoms with E-state index in [0.29, 0.717) is 55.6 Å². The maximum absolute atomic E-state index is 15.0. The van der Waals surface area contributed by atoms with Crippen LogP contribution in [0, 0.1) is 35.3 Å². The number of hydrogen-bond acceptors (Lipinski definition) is 3. The van der Waals surface area contributed by atoms with Crippen LogP contribution in [0.3, 0.4) is 0 Å². The van der Waals surface area contributed by atoms with Crippen LogP contribution in [0.4, 0.5) is 35.1 Å². The Kier molecular flexibility index (Phi) is 10.1. The van der Waals surface area contributed by atoms with Gasteiger partial charge in [-0.2, -0.15) is 26.3 Å². The van der Waals surface area contributed by atoms with Crippen molar-refractivity contribution in [2.75, 3.05) is 0 Å². The Hall–Kier alpha value is -3.24. The summed E-state index contributed by atoms with van der Waals surface area (Å²) < 4.78 is 125. The summed E-state index contributed by atoms with van der Waals surface area (Å²) in [5, 5.41) is 0. The van der Waals surface area contributed by atoms with Gasteiger partial charge >= 0.3 is 18.3 Å². The van der Waals surface area contributed by atoms with Crippen molar-refractivity contribution >= 4 is 0 Å². The van der Waals surface area contributed by atoms with Crippen molar-refractivity contribution in [3.63, 3.8) is 0 Å². The first-order valence-corrected chi connectivity index (χ1v) is 13.9. The summed E-state index contributed by atoms with van der Waals surface area (Å²) in [6.45, 7) is 2.02. The van der Waals surface area contributed by atoms with Crippen LogP contribution < -0.4 is 14.2 Å². The molecule has 3 nitrogen and oxygen atoms in total. The summed E-state index contributed by atoms with van der Waals surface area (Å²) in [6.07, 6.45) is 0.617. The number of hydrogen-bond donors (Lipinski definition) is 0. The van der Waals surface area contributed by atoms with Gasteiger partial charge in [0.2, 0.25) is 0 Å². The average Bonchev–Trinajstić information content (AvgIpc) is 2.93. The summed E-state index contributed by atoms with van der Waals surface area (Å²) in [4.78, 5) is 0. The molecule has 2 aromatic carbocycles. The van der Waals surface area contributed by atoms with Gasteiger partial charge in [0.15, 0.2) is 23.6 Å². The minimum Gasteiger partial charge on any atom is -0.453 e. The molecule has 11 heteroatoms. The number of allylic oxidation sites excluding steroid dienone is 2. The van der Waals surface area contributed by atoms with Crippen molar-refractivity contribution in [1.29, 1.82) is 0 Å². The van der Waals surface area contributed by atoms with E-state index in [4.69, 9.17) is 4.74 Å². The predicted octanol–water partition coefficient (Wildman–Crippen LogP) is 10.4. The fraction of sp³-hybridized carbons (Fsp3) is 0.484. The van der Waals surface area contributed by atoms with Crippen LogP contribution in [0.2, 0.25) is 0 Å². The lowest BCUT2D eigenvalue weighted by Crippen LogP contribution is -2.38. The minimum atomic E-state index is -4.13. The Morgan fingerprint density at radius 2 is 1.31 bits per heavy atom. The van der Waals surface area contributed by atoms with Gasteiger partial charge in [-0.05, 0) is 100 Å². The van der Waals surface area contributed by atoms with Crippen molar-refractivity contribution < 1.29 is 49.3 Å². The lowest BCUT2D eigenvalue weighted by Gasteiger charge is -2.39. The molecule has 0 spiro atoms. The second-order valence-electron chi connectivity index (χ2n) is 10.9. The summed E-state index contributed by atoms with van der Waals surface area (Å²) in [5.41, 5.74) is -0.800. The molecule has 0 amide bonds. The molecule has 0 N–H and O–H groups in total. The van der Waals surface area contributed by atoms with E-state index in [1.165, 1.54) is 0 Å². The van der Waals surface area contributed by atoms with E-state index in [-0.39, 0.29) is 12.0 Å². The van der Waals surface area contributed by atoms with E-state index in [0.717, 1.165) is 49.9 Å². The molecule has 2 aliphatic rings. The number of ether oxygens (including phenoxy) is 3. The Morgan fingerprint density at radius 3 is 1.83 bits per heavy atom. The normalized spacial score (nSPS) is 23.5. The van der Waals surface area contributed by atoms with Gasteiger partial charge in [0.25, 0.3) is 0 Å². The molecule has 4 rings (SSSR count). The summed E-state index contributed by atoms with van der Waals surface area (Å²) in [6, 6.07) is 4.13. The Morgan fingerprint density at radius 1 is 0.762 bits per heavy atom. The summed E-state index contributed by atoms with van der Waals surface area (Å²) >= 11 is 0. The lowest BCUT2D eigenvalue weighted by atomic mass is 9.69. The molecule has 0 heterocycles. The van der Waals surface area contributed by atoms with Crippen molar-refractivity contribution in [3.8, 4) is 17.2 Å². The highest BCUT2D eigenvalue weighted by molar-refractivity contribution is 5.36. The zero-order chi connectivity index (χ0) is 30.5. The topological polar surface area (TPSA) is 27.7 Å². The highest BCUT2D eigenvalue weighted by Crippen LogP contribution is 2.46. The highest BCUT2D eigenvalue weighted by Gasteiger charge is 2.45. The molecule has 2 fully saturated rings. The van der Waals surface area contributed by atoms with Crippen molar-refractivity contribution in [3.05, 3.63) is 78.1 Å². The van der Waals surface area contributed by atoms with Crippen LogP contribution >= 0.6 is 0 Å². The smallest absolute Gasteiger partial charge is 0.426 e. The number of halogens is 8. The highest BCUT2D eigenvalue weighted by atomic mass is 19.3. The van der Waals surface area contributed by atoms with Crippen molar-refractivity contribution in [1.82, 2.24) is 0 Å². The van der Waals surface area contributed by atoms with Gasteiger partial charge in [-0.3, -0.25) is 0 Å². The standard InChI is InChI=1S/C31H32F8O3/c1-2-3-19-4-6-20(7-5-19)21-8-10-22(11-9-21)30(36,37)41-24-14-12-23(13-15-24)31(38,39)42-25-16-26(32)29(27(33)17-25)40-18-28(34)35/h2-3,12-22H,4-11H2,1H3. The molecule has 2 aliphatic carbocycles. The van der Waals surface area contributed by atoms with Crippen LogP contribution in [-0.4, -0.2) is 6.11 Å². The first-order valence-electron chi connectivity index (χ1n) is 13.9. The molecular weight excluding hydrogens is 572 g/mol. The van der Waals surface area contributed by atoms with E-state index in [9.17, 15) is 26.3 Å². The quantitative estimate of drug-likeness (QED) is 0.153. The second kappa shape index (κ2) is 13.4. The van der Waals surface area contributed by atoms with E-state index in [1.807, 2.05) is 6.92 Å². The minimum absolute atomic E-state index is 0.216. The Bertz CT molecular complexity index is 1220. The monoisotopic (exact) mass is 604 g/mol. The molecule has 2 saturated carbocycles. The zero-order valence-corrected chi connectivity index (χ0v) is 22.9. The lowest BCUT2D eigenvalue weighted by molar-refractivity contribution is -0.224. The third-order valence-corrected chi connectivity index (χ3v) is 8.12. The van der Waals surface area contributed by atoms with E-state index in [1.54, 1.807) is 0 Å². The first-order chi connectivity index (χ1) is 19.9. The maximum atomic E-state index is 15.0. The molecule has 0 atom stereocenters. The molecule has 42 heavy (non-hydrogen) atoms. The summed E-state index contributed by atoms with van der Waals surface area (Å²) in [7, 11) is 0. The van der Waals surface area contributed by atoms with Gasteiger partial charge in [-0.15, -0.1) is 0 Å². The largest absolute Gasteiger partial charge is 0.453 e. The van der Waals surface area contributed by atoms with Crippen molar-refractivity contribution in [2.45, 2.75) is 70.5 Å². The van der Waals surface area contributed by atoms with Crippen molar-refractivity contribution in [2.24, 2.45) is 23.7 Å². The molecule has 0 bridgehead atoms. The molecular formula is C31H32F8O3. The Labute approximate surface area is 239 Å². The SMILES string of the molecule is CC=CC1CCC(C2CCC(C(F)(F)Oc3ccc(C(F)(F)Oc4cc(F)c(OC=C(F)F)c(F)c4)cc3)CC2)CC1. The number of alkyl halides is 4. The Balaban J connectivity index is 1.32. The van der Waals surface area contributed by atoms with Gasteiger partial charge in [0.1, 0.15) is 11.5 Å². The third-order valence-electron chi connectivity index (χ3n) is 8.12. The van der Waals surface area contributed by atoms with E-state index < -0.39 is 52.9 Å². The molecule has 0 radical (unpaired) electrons. The van der Waals surface area contributed by atoms with Gasteiger partial charge in [-0.25, -0.2) is 8.78 Å². The molecule has 0 aromatic heterocycles. The first kappa shape index (κ1) is 31.7. The molecule has 2 aromatic rings. The average molecular weight is 605 g/mol. The number of rotatable bonds is 10. The molecule has 230 valence electrons. The van der Waals surface area contributed by atoms with E-state index in [2.05, 4.69) is 21.6 Å². The molecule has 0 aliphatic heterocycles. The van der Waals surface area contributed by atoms with Gasteiger partial charge in [0.05, 0.1) is 11.5 Å². The van der Waals surface area contributed by atoms with Crippen LogP contribution in [0.1, 0.15) is 63.9 Å². The number of benzene rings is 2. The van der Waals surface area contributed by atoms with Gasteiger partial charge in [0, 0.05) is 12.1 Å². The van der Waals surface area contributed by atoms with Gasteiger partial charge < -0.3 is 14.2 Å². The second-order valence-corrected chi connectivity index (χ2v) is 10.9. The maximum Gasteiger partial charge on any atom is 0.426 e. The van der Waals surface area contributed by atoms with Crippen LogP contribution in [-0.2, 0) is 6.11 Å². The van der Waals surface area contributed by atoms with E-state index >= 15 is 8.78 Å². The fourth-order valence-corrected chi connectivity index (χ4v) is 5.98. The fourth-order valence-electron chi connectivity index (χ4n) is 5.98. The van der Waals surface area contributed by atoms with Crippen LogP contribution in [0.25, 0.3) is 0 Å².